The topological polar surface area (TPSA) is 80.8 Å². The number of hydrogen-bond donors (Lipinski definition) is 0. The van der Waals surface area contributed by atoms with Crippen molar-refractivity contribution < 1.29 is 22.7 Å². The maximum atomic E-state index is 14.3. The van der Waals surface area contributed by atoms with E-state index in [-0.39, 0.29) is 40.9 Å². The summed E-state index contributed by atoms with van der Waals surface area (Å²) < 4.78 is 33.6. The second-order valence-electron chi connectivity index (χ2n) is 14.0. The molecule has 1 spiro atoms. The minimum atomic E-state index is -3.72. The fourth-order valence-corrected chi connectivity index (χ4v) is 12.3. The number of unbranched alkanes of at least 4 members (excludes halogenated alkanes) is 5. The SMILES string of the molecule is COC(=O)CCSC(Cc1ccccc1CCCCCCCCc1ccccc1)C(=O)N1C2CC3CCC2(CS1(=O)=O)C3(C)C. The molecule has 0 N–H and O–H groups in total. The Balaban J connectivity index is 1.21. The zero-order valence-electron chi connectivity index (χ0n) is 27.3. The van der Waals surface area contributed by atoms with Crippen molar-refractivity contribution in [3.05, 3.63) is 71.3 Å². The summed E-state index contributed by atoms with van der Waals surface area (Å²) in [5.74, 6) is 0.302. The van der Waals surface area contributed by atoms with E-state index < -0.39 is 15.3 Å². The van der Waals surface area contributed by atoms with Gasteiger partial charge in [-0.2, -0.15) is 0 Å². The number of hydrogen-bond acceptors (Lipinski definition) is 6. The molecular formula is C37H51NO5S2. The van der Waals surface area contributed by atoms with Crippen molar-refractivity contribution in [1.82, 2.24) is 4.31 Å². The van der Waals surface area contributed by atoms with Crippen molar-refractivity contribution in [3.63, 3.8) is 0 Å². The van der Waals surface area contributed by atoms with Crippen molar-refractivity contribution in [3.8, 4) is 0 Å². The first-order chi connectivity index (χ1) is 21.6. The third kappa shape index (κ3) is 7.32. The molecule has 1 heterocycles. The molecule has 0 radical (unpaired) electrons. The van der Waals surface area contributed by atoms with E-state index in [1.807, 2.05) is 6.07 Å². The van der Waals surface area contributed by atoms with E-state index in [9.17, 15) is 18.0 Å². The van der Waals surface area contributed by atoms with Crippen LogP contribution in [0.25, 0.3) is 0 Å². The first-order valence-corrected chi connectivity index (χ1v) is 19.6. The molecule has 6 nitrogen and oxygen atoms in total. The molecule has 2 aromatic carbocycles. The van der Waals surface area contributed by atoms with Crippen molar-refractivity contribution in [2.24, 2.45) is 16.7 Å². The molecule has 246 valence electrons. The molecule has 2 bridgehead atoms. The van der Waals surface area contributed by atoms with E-state index in [1.165, 1.54) is 66.4 Å². The van der Waals surface area contributed by atoms with E-state index >= 15 is 0 Å². The van der Waals surface area contributed by atoms with Gasteiger partial charge < -0.3 is 4.74 Å². The molecule has 3 aliphatic rings. The maximum absolute atomic E-state index is 14.3. The Morgan fingerprint density at radius 3 is 2.27 bits per heavy atom. The predicted molar refractivity (Wildman–Crippen MR) is 183 cm³/mol. The number of sulfonamides is 1. The third-order valence-corrected chi connectivity index (χ3v) is 14.4. The number of carbonyl (C=O) groups excluding carboxylic acids is 2. The highest BCUT2D eigenvalue weighted by atomic mass is 32.2. The molecule has 1 aliphatic heterocycles. The zero-order chi connectivity index (χ0) is 32.1. The predicted octanol–water partition coefficient (Wildman–Crippen LogP) is 7.39. The molecule has 2 aliphatic carbocycles. The Labute approximate surface area is 275 Å². The summed E-state index contributed by atoms with van der Waals surface area (Å²) in [5, 5.41) is -0.576. The molecule has 5 rings (SSSR count). The molecule has 4 unspecified atom stereocenters. The van der Waals surface area contributed by atoms with Gasteiger partial charge in [-0.25, -0.2) is 12.7 Å². The number of fused-ring (bicyclic) bond motifs is 1. The van der Waals surface area contributed by atoms with Gasteiger partial charge in [-0.1, -0.05) is 94.1 Å². The highest BCUT2D eigenvalue weighted by Crippen LogP contribution is 2.70. The van der Waals surface area contributed by atoms with Crippen LogP contribution in [0.1, 0.15) is 94.7 Å². The highest BCUT2D eigenvalue weighted by molar-refractivity contribution is 8.00. The lowest BCUT2D eigenvalue weighted by Gasteiger charge is -2.37. The number of amides is 1. The molecule has 0 aromatic heterocycles. The van der Waals surface area contributed by atoms with Crippen molar-refractivity contribution in [2.75, 3.05) is 18.6 Å². The molecule has 45 heavy (non-hydrogen) atoms. The van der Waals surface area contributed by atoms with Crippen LogP contribution < -0.4 is 0 Å². The lowest BCUT2D eigenvalue weighted by atomic mass is 9.69. The van der Waals surface area contributed by atoms with Gasteiger partial charge in [0.2, 0.25) is 15.9 Å². The average molecular weight is 654 g/mol. The number of rotatable bonds is 16. The Hall–Kier alpha value is -2.32. The van der Waals surface area contributed by atoms with Gasteiger partial charge in [0.25, 0.3) is 0 Å². The first kappa shape index (κ1) is 34.0. The number of benzene rings is 2. The Morgan fingerprint density at radius 2 is 1.58 bits per heavy atom. The lowest BCUT2D eigenvalue weighted by Crippen LogP contribution is -2.47. The van der Waals surface area contributed by atoms with Crippen LogP contribution in [0.2, 0.25) is 0 Å². The fraction of sp³-hybridized carbons (Fsp3) is 0.622. The summed E-state index contributed by atoms with van der Waals surface area (Å²) in [4.78, 5) is 26.2. The number of carbonyl (C=O) groups is 2. The monoisotopic (exact) mass is 653 g/mol. The standard InChI is InChI=1S/C37H51NO5S2/c1-36(2)31-21-23-37(36)27-45(41,42)38(33(37)26-31)35(40)32(44-24-22-34(39)43-3)25-30-20-14-13-19-29(30)18-12-7-5-4-6-9-15-28-16-10-8-11-17-28/h8,10-11,13-14,16-17,19-20,31-33H,4-7,9,12,15,18,21-27H2,1-3H3. The zero-order valence-corrected chi connectivity index (χ0v) is 29.0. The van der Waals surface area contributed by atoms with E-state index in [1.54, 1.807) is 0 Å². The lowest BCUT2D eigenvalue weighted by molar-refractivity contribution is -0.140. The molecule has 2 saturated carbocycles. The number of esters is 1. The summed E-state index contributed by atoms with van der Waals surface area (Å²) in [6.45, 7) is 4.41. The van der Waals surface area contributed by atoms with Crippen molar-refractivity contribution in [2.45, 2.75) is 109 Å². The van der Waals surface area contributed by atoms with Crippen LogP contribution in [0.3, 0.4) is 0 Å². The number of methoxy groups -OCH3 is 1. The van der Waals surface area contributed by atoms with E-state index in [2.05, 4.69) is 62.4 Å². The second kappa shape index (κ2) is 14.6. The van der Waals surface area contributed by atoms with Gasteiger partial charge in [0.1, 0.15) is 0 Å². The van der Waals surface area contributed by atoms with Gasteiger partial charge in [-0.3, -0.25) is 9.59 Å². The van der Waals surface area contributed by atoms with Crippen LogP contribution in [0.5, 0.6) is 0 Å². The van der Waals surface area contributed by atoms with Crippen LogP contribution in [-0.4, -0.2) is 54.5 Å². The van der Waals surface area contributed by atoms with Crippen molar-refractivity contribution in [1.29, 1.82) is 0 Å². The molecule has 1 saturated heterocycles. The van der Waals surface area contributed by atoms with Gasteiger partial charge >= 0.3 is 5.97 Å². The summed E-state index contributed by atoms with van der Waals surface area (Å²) in [6.07, 6.45) is 12.6. The summed E-state index contributed by atoms with van der Waals surface area (Å²) in [5.41, 5.74) is 3.29. The smallest absolute Gasteiger partial charge is 0.306 e. The van der Waals surface area contributed by atoms with Gasteiger partial charge in [0.05, 0.1) is 30.6 Å². The number of aryl methyl sites for hydroxylation is 2. The highest BCUT2D eigenvalue weighted by Gasteiger charge is 2.72. The summed E-state index contributed by atoms with van der Waals surface area (Å²) >= 11 is 1.40. The van der Waals surface area contributed by atoms with Gasteiger partial charge in [-0.15, -0.1) is 11.8 Å². The molecule has 4 atom stereocenters. The van der Waals surface area contributed by atoms with Crippen molar-refractivity contribution >= 4 is 33.7 Å². The fourth-order valence-electron chi connectivity index (χ4n) is 8.52. The normalized spacial score (nSPS) is 24.8. The number of thioether (sulfide) groups is 1. The van der Waals surface area contributed by atoms with E-state index in [0.29, 0.717) is 18.1 Å². The maximum Gasteiger partial charge on any atom is 0.306 e. The molecular weight excluding hydrogens is 603 g/mol. The first-order valence-electron chi connectivity index (χ1n) is 16.9. The summed E-state index contributed by atoms with van der Waals surface area (Å²) in [6, 6.07) is 18.7. The molecule has 2 aromatic rings. The minimum absolute atomic E-state index is 0.0717. The number of ether oxygens (including phenoxy) is 1. The summed E-state index contributed by atoms with van der Waals surface area (Å²) in [7, 11) is -2.35. The largest absolute Gasteiger partial charge is 0.469 e. The Bertz CT molecular complexity index is 1430. The van der Waals surface area contributed by atoms with E-state index in [0.717, 1.165) is 44.1 Å². The van der Waals surface area contributed by atoms with Gasteiger partial charge in [0, 0.05) is 11.2 Å². The average Bonchev–Trinajstić information content (AvgIpc) is 3.51. The second-order valence-corrected chi connectivity index (χ2v) is 17.2. The Morgan fingerprint density at radius 1 is 0.933 bits per heavy atom. The van der Waals surface area contributed by atoms with Crippen LogP contribution >= 0.6 is 11.8 Å². The molecule has 1 amide bonds. The van der Waals surface area contributed by atoms with Gasteiger partial charge in [0.15, 0.2) is 0 Å². The Kier molecular flexibility index (Phi) is 11.1. The van der Waals surface area contributed by atoms with Crippen LogP contribution in [0.4, 0.5) is 0 Å². The third-order valence-electron chi connectivity index (χ3n) is 11.3. The van der Waals surface area contributed by atoms with Crippen LogP contribution in [0.15, 0.2) is 54.6 Å². The molecule has 3 fully saturated rings. The minimum Gasteiger partial charge on any atom is -0.469 e. The quantitative estimate of drug-likeness (QED) is 0.139. The van der Waals surface area contributed by atoms with E-state index in [4.69, 9.17) is 4.74 Å². The number of nitrogens with zero attached hydrogens (tertiary/aromatic N) is 1. The van der Waals surface area contributed by atoms with Crippen LogP contribution in [-0.2, 0) is 43.6 Å². The van der Waals surface area contributed by atoms with Gasteiger partial charge in [-0.05, 0) is 79.4 Å². The van der Waals surface area contributed by atoms with Crippen LogP contribution in [0, 0.1) is 16.7 Å². The molecule has 8 heteroatoms.